The van der Waals surface area contributed by atoms with E-state index >= 15 is 0 Å². The van der Waals surface area contributed by atoms with Crippen molar-refractivity contribution >= 4 is 11.0 Å². The molecule has 6 nitrogen and oxygen atoms in total. The summed E-state index contributed by atoms with van der Waals surface area (Å²) in [6.07, 6.45) is 0.990. The lowest BCUT2D eigenvalue weighted by atomic mass is 10.1. The Morgan fingerprint density at radius 1 is 1.35 bits per heavy atom. The van der Waals surface area contributed by atoms with Gasteiger partial charge in [0.1, 0.15) is 11.3 Å². The van der Waals surface area contributed by atoms with Crippen LogP contribution in [0.1, 0.15) is 20.3 Å². The zero-order chi connectivity index (χ0) is 15.0. The number of hydrogen-bond acceptors (Lipinski definition) is 4. The third-order valence-corrected chi connectivity index (χ3v) is 2.48. The second kappa shape index (κ2) is 7.86. The first kappa shape index (κ1) is 15.6. The van der Waals surface area contributed by atoms with Crippen LogP contribution in [0.5, 0.6) is 5.75 Å². The molecule has 1 aromatic carbocycles. The van der Waals surface area contributed by atoms with Crippen LogP contribution in [-0.2, 0) is 0 Å². The van der Waals surface area contributed by atoms with Crippen LogP contribution in [0, 0.1) is 5.92 Å². The molecule has 0 fully saturated rings. The Balaban J connectivity index is 0.000000221. The summed E-state index contributed by atoms with van der Waals surface area (Å²) in [4.78, 5) is 13.4. The second-order valence-corrected chi connectivity index (χ2v) is 4.61. The van der Waals surface area contributed by atoms with Gasteiger partial charge in [-0.2, -0.15) is 0 Å². The highest BCUT2D eigenvalue weighted by atomic mass is 16.4. The van der Waals surface area contributed by atoms with Crippen LogP contribution in [0.2, 0.25) is 0 Å². The fraction of sp³-hybridized carbons (Fsp3) is 0.357. The Hall–Kier alpha value is -2.46. The Bertz CT molecular complexity index is 658. The number of aromatic hydroxyl groups is 1. The van der Waals surface area contributed by atoms with Gasteiger partial charge in [-0.25, -0.2) is 4.79 Å². The average molecular weight is 275 g/mol. The van der Waals surface area contributed by atoms with E-state index in [1.54, 1.807) is 18.2 Å². The Labute approximate surface area is 116 Å². The highest BCUT2D eigenvalue weighted by Crippen LogP contribution is 2.17. The van der Waals surface area contributed by atoms with Crippen molar-refractivity contribution in [1.29, 1.82) is 0 Å². The Morgan fingerprint density at radius 2 is 2.05 bits per heavy atom. The van der Waals surface area contributed by atoms with Crippen LogP contribution in [0.25, 0.3) is 21.4 Å². The van der Waals surface area contributed by atoms with Crippen LogP contribution in [-0.4, -0.2) is 11.7 Å². The normalized spacial score (nSPS) is 9.75. The summed E-state index contributed by atoms with van der Waals surface area (Å²) in [5.74, 6) is 0.734. The molecule has 0 spiro atoms. The lowest BCUT2D eigenvalue weighted by Gasteiger charge is -1.96. The number of phenols is 1. The molecule has 0 aliphatic carbocycles. The standard InChI is InChI=1S/C9H6O3.C5H11N3/c10-7-3-1-6-2-4-9(11)12-8(6)5-7;1-5(2)3-4-7-8-6/h1-5,10H;5H,3-4H2,1-2H3. The van der Waals surface area contributed by atoms with Gasteiger partial charge in [0.15, 0.2) is 0 Å². The maximum absolute atomic E-state index is 10.7. The second-order valence-electron chi connectivity index (χ2n) is 4.61. The molecule has 2 rings (SSSR count). The molecule has 0 amide bonds. The minimum atomic E-state index is -0.409. The molecule has 0 bridgehead atoms. The molecule has 0 saturated heterocycles. The molecule has 20 heavy (non-hydrogen) atoms. The van der Waals surface area contributed by atoms with Crippen molar-refractivity contribution in [2.75, 3.05) is 6.54 Å². The number of phenolic OH excluding ortho intramolecular Hbond substituents is 1. The van der Waals surface area contributed by atoms with Gasteiger partial charge in [-0.15, -0.1) is 0 Å². The topological polar surface area (TPSA) is 99.2 Å². The summed E-state index contributed by atoms with van der Waals surface area (Å²) < 4.78 is 4.83. The summed E-state index contributed by atoms with van der Waals surface area (Å²) in [5, 5.41) is 13.3. The first-order valence-electron chi connectivity index (χ1n) is 6.26. The van der Waals surface area contributed by atoms with Crippen LogP contribution in [0.15, 0.2) is 44.7 Å². The zero-order valence-corrected chi connectivity index (χ0v) is 11.5. The van der Waals surface area contributed by atoms with E-state index in [0.29, 0.717) is 18.0 Å². The molecule has 0 saturated carbocycles. The van der Waals surface area contributed by atoms with Crippen molar-refractivity contribution in [2.45, 2.75) is 20.3 Å². The number of fused-ring (bicyclic) bond motifs is 1. The van der Waals surface area contributed by atoms with Gasteiger partial charge in [-0.3, -0.25) is 0 Å². The lowest BCUT2D eigenvalue weighted by molar-refractivity contribution is 0.473. The van der Waals surface area contributed by atoms with E-state index in [1.165, 1.54) is 12.1 Å². The number of hydrogen-bond donors (Lipinski definition) is 1. The van der Waals surface area contributed by atoms with Crippen LogP contribution in [0.4, 0.5) is 0 Å². The highest BCUT2D eigenvalue weighted by Gasteiger charge is 1.96. The predicted molar refractivity (Wildman–Crippen MR) is 77.6 cm³/mol. The van der Waals surface area contributed by atoms with Crippen molar-refractivity contribution < 1.29 is 9.52 Å². The number of nitrogens with zero attached hydrogens (tertiary/aromatic N) is 3. The highest BCUT2D eigenvalue weighted by molar-refractivity contribution is 5.77. The summed E-state index contributed by atoms with van der Waals surface area (Å²) in [5.41, 5.74) is 7.83. The van der Waals surface area contributed by atoms with E-state index in [2.05, 4.69) is 23.9 Å². The number of azide groups is 1. The fourth-order valence-corrected chi connectivity index (χ4v) is 1.41. The van der Waals surface area contributed by atoms with Gasteiger partial charge in [0.05, 0.1) is 0 Å². The maximum atomic E-state index is 10.7. The van der Waals surface area contributed by atoms with E-state index in [9.17, 15) is 4.79 Å². The van der Waals surface area contributed by atoms with Gasteiger partial charge in [-0.1, -0.05) is 19.0 Å². The first-order valence-corrected chi connectivity index (χ1v) is 6.26. The van der Waals surface area contributed by atoms with E-state index in [-0.39, 0.29) is 5.75 Å². The van der Waals surface area contributed by atoms with Crippen LogP contribution in [0.3, 0.4) is 0 Å². The lowest BCUT2D eigenvalue weighted by Crippen LogP contribution is -1.93. The van der Waals surface area contributed by atoms with Crippen LogP contribution < -0.4 is 5.63 Å². The largest absolute Gasteiger partial charge is 0.508 e. The molecule has 0 aliphatic heterocycles. The van der Waals surface area contributed by atoms with Crippen molar-refractivity contribution in [3.8, 4) is 5.75 Å². The van der Waals surface area contributed by atoms with Crippen molar-refractivity contribution in [2.24, 2.45) is 11.0 Å². The van der Waals surface area contributed by atoms with Crippen molar-refractivity contribution in [3.05, 3.63) is 51.2 Å². The number of benzene rings is 1. The van der Waals surface area contributed by atoms with Gasteiger partial charge in [0, 0.05) is 29.0 Å². The van der Waals surface area contributed by atoms with E-state index in [0.717, 1.165) is 11.8 Å². The molecule has 0 radical (unpaired) electrons. The zero-order valence-electron chi connectivity index (χ0n) is 11.5. The molecule has 0 unspecified atom stereocenters. The molecule has 1 heterocycles. The van der Waals surface area contributed by atoms with Gasteiger partial charge >= 0.3 is 5.63 Å². The van der Waals surface area contributed by atoms with Gasteiger partial charge in [-0.05, 0) is 36.1 Å². The third-order valence-electron chi connectivity index (χ3n) is 2.48. The third kappa shape index (κ3) is 5.46. The molecule has 1 aromatic heterocycles. The summed E-state index contributed by atoms with van der Waals surface area (Å²) >= 11 is 0. The monoisotopic (exact) mass is 275 g/mol. The molecule has 0 aliphatic rings. The Morgan fingerprint density at radius 3 is 2.70 bits per heavy atom. The van der Waals surface area contributed by atoms with E-state index < -0.39 is 5.63 Å². The fourth-order valence-electron chi connectivity index (χ4n) is 1.41. The smallest absolute Gasteiger partial charge is 0.336 e. The summed E-state index contributed by atoms with van der Waals surface area (Å²) in [7, 11) is 0. The van der Waals surface area contributed by atoms with Gasteiger partial charge in [0.2, 0.25) is 0 Å². The molecule has 6 heteroatoms. The van der Waals surface area contributed by atoms with Crippen LogP contribution >= 0.6 is 0 Å². The van der Waals surface area contributed by atoms with Gasteiger partial charge in [0.25, 0.3) is 0 Å². The molecular formula is C14H17N3O3. The minimum Gasteiger partial charge on any atom is -0.508 e. The molecular weight excluding hydrogens is 258 g/mol. The quantitative estimate of drug-likeness (QED) is 0.398. The minimum absolute atomic E-state index is 0.0943. The maximum Gasteiger partial charge on any atom is 0.336 e. The molecule has 1 N–H and O–H groups in total. The van der Waals surface area contributed by atoms with E-state index in [4.69, 9.17) is 15.1 Å². The molecule has 2 aromatic rings. The predicted octanol–water partition coefficient (Wildman–Crippen LogP) is 3.84. The van der Waals surface area contributed by atoms with Gasteiger partial charge < -0.3 is 9.52 Å². The molecule has 106 valence electrons. The van der Waals surface area contributed by atoms with Crippen molar-refractivity contribution in [1.82, 2.24) is 0 Å². The Kier molecular flexibility index (Phi) is 6.13. The SMILES string of the molecule is CC(C)CCN=[N+]=[N-].O=c1ccc2ccc(O)cc2o1. The van der Waals surface area contributed by atoms with Crippen molar-refractivity contribution in [3.63, 3.8) is 0 Å². The first-order chi connectivity index (χ1) is 9.52. The number of rotatable bonds is 3. The molecule has 0 atom stereocenters. The van der Waals surface area contributed by atoms with E-state index in [1.807, 2.05) is 0 Å². The summed E-state index contributed by atoms with van der Waals surface area (Å²) in [6.45, 7) is 4.84. The average Bonchev–Trinajstić information content (AvgIpc) is 2.39. The summed E-state index contributed by atoms with van der Waals surface area (Å²) in [6, 6.07) is 7.65.